The van der Waals surface area contributed by atoms with E-state index in [2.05, 4.69) is 21.5 Å². The molecule has 1 atom stereocenters. The molecule has 0 bridgehead atoms. The van der Waals surface area contributed by atoms with Gasteiger partial charge in [0.05, 0.1) is 0 Å². The molecule has 2 aromatic rings. The third-order valence-electron chi connectivity index (χ3n) is 5.22. The largest absolute Gasteiger partial charge is 0.326 e. The van der Waals surface area contributed by atoms with Crippen LogP contribution >= 0.6 is 11.3 Å². The summed E-state index contributed by atoms with van der Waals surface area (Å²) >= 11 is 1.24. The van der Waals surface area contributed by atoms with Crippen molar-refractivity contribution < 1.29 is 8.42 Å². The van der Waals surface area contributed by atoms with Crippen molar-refractivity contribution in [3.8, 4) is 10.4 Å². The molecule has 6 nitrogen and oxygen atoms in total. The zero-order chi connectivity index (χ0) is 19.6. The van der Waals surface area contributed by atoms with Gasteiger partial charge in [0.15, 0.2) is 0 Å². The Labute approximate surface area is 164 Å². The third kappa shape index (κ3) is 4.34. The first kappa shape index (κ1) is 20.3. The number of likely N-dealkylation sites (tertiary alicyclic amines) is 1. The second kappa shape index (κ2) is 8.26. The summed E-state index contributed by atoms with van der Waals surface area (Å²) < 4.78 is 28.5. The van der Waals surface area contributed by atoms with Gasteiger partial charge in [-0.15, -0.1) is 11.3 Å². The van der Waals surface area contributed by atoms with Gasteiger partial charge in [0.1, 0.15) is 4.21 Å². The Morgan fingerprint density at radius 2 is 2.11 bits per heavy atom. The second-order valence-electron chi connectivity index (χ2n) is 6.91. The number of rotatable bonds is 7. The number of H-pyrrole nitrogens is 1. The molecule has 8 heteroatoms. The van der Waals surface area contributed by atoms with E-state index < -0.39 is 10.0 Å². The molecule has 2 N–H and O–H groups in total. The van der Waals surface area contributed by atoms with Gasteiger partial charge in [0.25, 0.3) is 5.56 Å². The molecule has 0 spiro atoms. The first-order valence-corrected chi connectivity index (χ1v) is 11.7. The molecular weight excluding hydrogens is 382 g/mol. The highest BCUT2D eigenvalue weighted by molar-refractivity contribution is 7.91. The van der Waals surface area contributed by atoms with Crippen molar-refractivity contribution in [2.45, 2.75) is 50.3 Å². The third-order valence-corrected chi connectivity index (χ3v) is 8.26. The highest BCUT2D eigenvalue weighted by Gasteiger charge is 2.26. The monoisotopic (exact) mass is 409 g/mol. The second-order valence-corrected chi connectivity index (χ2v) is 9.99. The predicted molar refractivity (Wildman–Crippen MR) is 110 cm³/mol. The molecule has 2 aromatic heterocycles. The van der Waals surface area contributed by atoms with Gasteiger partial charge in [0.2, 0.25) is 10.0 Å². The van der Waals surface area contributed by atoms with Gasteiger partial charge >= 0.3 is 0 Å². The number of aromatic nitrogens is 1. The van der Waals surface area contributed by atoms with Crippen molar-refractivity contribution in [2.75, 3.05) is 19.6 Å². The number of aromatic amines is 1. The fourth-order valence-corrected chi connectivity index (χ4v) is 6.11. The first-order chi connectivity index (χ1) is 12.9. The Morgan fingerprint density at radius 1 is 1.33 bits per heavy atom. The Balaban J connectivity index is 1.79. The van der Waals surface area contributed by atoms with Crippen molar-refractivity contribution >= 4 is 21.4 Å². The summed E-state index contributed by atoms with van der Waals surface area (Å²) in [5.41, 5.74) is 2.25. The lowest BCUT2D eigenvalue weighted by molar-refractivity contribution is 0.268. The Morgan fingerprint density at radius 3 is 2.81 bits per heavy atom. The van der Waals surface area contributed by atoms with E-state index in [9.17, 15) is 13.2 Å². The molecule has 1 fully saturated rings. The van der Waals surface area contributed by atoms with E-state index in [1.54, 1.807) is 6.07 Å². The normalized spacial score (nSPS) is 18.3. The number of hydrogen-bond acceptors (Lipinski definition) is 5. The van der Waals surface area contributed by atoms with Crippen LogP contribution in [-0.2, 0) is 16.4 Å². The summed E-state index contributed by atoms with van der Waals surface area (Å²) in [7, 11) is -3.53. The minimum atomic E-state index is -3.53. The summed E-state index contributed by atoms with van der Waals surface area (Å²) in [6.07, 6.45) is 2.78. The standard InChI is InChI=1S/C19H27N3O3S2/c1-4-14-11-16(13(3)21-19(14)23)17-8-9-18(26-17)27(24,25)20-12-15-7-6-10-22(15)5-2/h8-9,11,15,20H,4-7,10,12H2,1-3H3,(H,21,23). The molecule has 0 aromatic carbocycles. The quantitative estimate of drug-likeness (QED) is 0.737. The van der Waals surface area contributed by atoms with Crippen molar-refractivity contribution in [3.05, 3.63) is 39.8 Å². The lowest BCUT2D eigenvalue weighted by Crippen LogP contribution is -2.39. The molecule has 3 rings (SSSR count). The predicted octanol–water partition coefficient (Wildman–Crippen LogP) is 2.74. The van der Waals surface area contributed by atoms with Crippen LogP contribution in [-0.4, -0.2) is 44.0 Å². The van der Waals surface area contributed by atoms with Gasteiger partial charge in [-0.05, 0) is 57.5 Å². The van der Waals surface area contributed by atoms with Crippen molar-refractivity contribution in [1.29, 1.82) is 0 Å². The maximum absolute atomic E-state index is 12.7. The van der Waals surface area contributed by atoms with Crippen molar-refractivity contribution in [1.82, 2.24) is 14.6 Å². The summed E-state index contributed by atoms with van der Waals surface area (Å²) in [5, 5.41) is 0. The van der Waals surface area contributed by atoms with Crippen molar-refractivity contribution in [2.24, 2.45) is 0 Å². The van der Waals surface area contributed by atoms with Gasteiger partial charge in [-0.3, -0.25) is 9.69 Å². The smallest absolute Gasteiger partial charge is 0.251 e. The highest BCUT2D eigenvalue weighted by Crippen LogP contribution is 2.32. The maximum atomic E-state index is 12.7. The van der Waals surface area contributed by atoms with E-state index in [1.165, 1.54) is 11.3 Å². The van der Waals surface area contributed by atoms with Crippen LogP contribution < -0.4 is 10.3 Å². The van der Waals surface area contributed by atoms with E-state index in [0.29, 0.717) is 22.7 Å². The number of pyridine rings is 1. The molecule has 148 valence electrons. The Bertz CT molecular complexity index is 963. The van der Waals surface area contributed by atoms with E-state index in [1.807, 2.05) is 26.0 Å². The number of nitrogens with one attached hydrogen (secondary N) is 2. The van der Waals surface area contributed by atoms with Crippen LogP contribution in [0.3, 0.4) is 0 Å². The van der Waals surface area contributed by atoms with Gasteiger partial charge in [-0.2, -0.15) is 0 Å². The lowest BCUT2D eigenvalue weighted by atomic mass is 10.1. The lowest BCUT2D eigenvalue weighted by Gasteiger charge is -2.22. The molecule has 27 heavy (non-hydrogen) atoms. The molecule has 1 unspecified atom stereocenters. The van der Waals surface area contributed by atoms with Crippen LogP contribution in [0.15, 0.2) is 27.2 Å². The van der Waals surface area contributed by atoms with Gasteiger partial charge in [-0.25, -0.2) is 13.1 Å². The van der Waals surface area contributed by atoms with Crippen LogP contribution in [0, 0.1) is 6.92 Å². The molecule has 0 radical (unpaired) electrons. The molecule has 3 heterocycles. The van der Waals surface area contributed by atoms with Crippen LogP contribution in [0.4, 0.5) is 0 Å². The van der Waals surface area contributed by atoms with Crippen molar-refractivity contribution in [3.63, 3.8) is 0 Å². The fraction of sp³-hybridized carbons (Fsp3) is 0.526. The minimum Gasteiger partial charge on any atom is -0.326 e. The van der Waals surface area contributed by atoms with Gasteiger partial charge in [-0.1, -0.05) is 13.8 Å². The first-order valence-electron chi connectivity index (χ1n) is 9.42. The number of hydrogen-bond donors (Lipinski definition) is 2. The summed E-state index contributed by atoms with van der Waals surface area (Å²) in [6.45, 7) is 8.30. The van der Waals surface area contributed by atoms with E-state index >= 15 is 0 Å². The maximum Gasteiger partial charge on any atom is 0.251 e. The zero-order valence-corrected chi connectivity index (χ0v) is 17.7. The zero-order valence-electron chi connectivity index (χ0n) is 16.0. The van der Waals surface area contributed by atoms with Gasteiger partial charge in [0, 0.05) is 34.3 Å². The molecule has 1 saturated heterocycles. The number of sulfonamides is 1. The number of nitrogens with zero attached hydrogens (tertiary/aromatic N) is 1. The van der Waals surface area contributed by atoms with Crippen LogP contribution in [0.1, 0.15) is 37.9 Å². The number of aryl methyl sites for hydroxylation is 2. The minimum absolute atomic E-state index is 0.0816. The summed E-state index contributed by atoms with van der Waals surface area (Å²) in [5.74, 6) is 0. The molecule has 1 aliphatic heterocycles. The summed E-state index contributed by atoms with van der Waals surface area (Å²) in [6, 6.07) is 5.59. The Hall–Kier alpha value is -1.48. The van der Waals surface area contributed by atoms with Crippen LogP contribution in [0.25, 0.3) is 10.4 Å². The molecule has 0 aliphatic carbocycles. The van der Waals surface area contributed by atoms with E-state index in [-0.39, 0.29) is 11.6 Å². The molecule has 0 saturated carbocycles. The average molecular weight is 410 g/mol. The molecule has 0 amide bonds. The number of likely N-dealkylation sites (N-methyl/N-ethyl adjacent to an activating group) is 1. The van der Waals surface area contributed by atoms with E-state index in [0.717, 1.165) is 42.1 Å². The van der Waals surface area contributed by atoms with Crippen LogP contribution in [0.2, 0.25) is 0 Å². The number of thiophene rings is 1. The summed E-state index contributed by atoms with van der Waals surface area (Å²) in [4.78, 5) is 17.9. The van der Waals surface area contributed by atoms with E-state index in [4.69, 9.17) is 0 Å². The highest BCUT2D eigenvalue weighted by atomic mass is 32.2. The SMILES string of the molecule is CCc1cc(-c2ccc(S(=O)(=O)NCC3CCCN3CC)s2)c(C)[nH]c1=O. The molecule has 1 aliphatic rings. The van der Waals surface area contributed by atoms with Gasteiger partial charge < -0.3 is 4.98 Å². The topological polar surface area (TPSA) is 82.3 Å². The Kier molecular flexibility index (Phi) is 6.20. The molecular formula is C19H27N3O3S2. The fourth-order valence-electron chi connectivity index (χ4n) is 3.61. The van der Waals surface area contributed by atoms with Crippen LogP contribution in [0.5, 0.6) is 0 Å². The average Bonchev–Trinajstić information content (AvgIpc) is 3.29.